The van der Waals surface area contributed by atoms with Crippen LogP contribution >= 0.6 is 24.0 Å². The molecule has 6 heteroatoms. The Hall–Kier alpha value is -2.09. The molecule has 1 aliphatic heterocycles. The van der Waals surface area contributed by atoms with Crippen molar-refractivity contribution in [2.24, 2.45) is 10.7 Å². The number of rotatable bonds is 4. The number of nitrogens with zero attached hydrogens (tertiary/aromatic N) is 4. The van der Waals surface area contributed by atoms with E-state index in [0.29, 0.717) is 12.5 Å². The van der Waals surface area contributed by atoms with Crippen molar-refractivity contribution in [1.82, 2.24) is 14.5 Å². The second kappa shape index (κ2) is 9.91. The summed E-state index contributed by atoms with van der Waals surface area (Å²) in [6.45, 7) is 3.52. The Labute approximate surface area is 183 Å². The number of hydrogen-bond donors (Lipinski definition) is 1. The van der Waals surface area contributed by atoms with E-state index in [2.05, 4.69) is 55.8 Å². The van der Waals surface area contributed by atoms with Gasteiger partial charge in [0, 0.05) is 19.6 Å². The molecule has 1 aliphatic rings. The highest BCUT2D eigenvalue weighted by molar-refractivity contribution is 14.0. The summed E-state index contributed by atoms with van der Waals surface area (Å²) < 4.78 is 2.18. The predicted molar refractivity (Wildman–Crippen MR) is 126 cm³/mol. The lowest BCUT2D eigenvalue weighted by Crippen LogP contribution is -2.38. The third-order valence-electron chi connectivity index (χ3n) is 5.26. The molecule has 148 valence electrons. The highest BCUT2D eigenvalue weighted by Crippen LogP contribution is 2.15. The molecule has 1 fully saturated rings. The van der Waals surface area contributed by atoms with Gasteiger partial charge in [-0.1, -0.05) is 49.2 Å². The molecule has 0 spiro atoms. The van der Waals surface area contributed by atoms with Crippen LogP contribution < -0.4 is 5.73 Å². The molecule has 2 N–H and O–H groups in total. The molecule has 0 bridgehead atoms. The average Bonchev–Trinajstić information content (AvgIpc) is 2.92. The summed E-state index contributed by atoms with van der Waals surface area (Å²) in [6, 6.07) is 16.9. The molecule has 2 aromatic carbocycles. The smallest absolute Gasteiger partial charge is 0.191 e. The van der Waals surface area contributed by atoms with E-state index >= 15 is 0 Å². The maximum absolute atomic E-state index is 6.20. The van der Waals surface area contributed by atoms with E-state index in [1.54, 1.807) is 0 Å². The lowest BCUT2D eigenvalue weighted by atomic mass is 10.1. The topological polar surface area (TPSA) is 59.4 Å². The van der Waals surface area contributed by atoms with Crippen molar-refractivity contribution in [1.29, 1.82) is 0 Å². The Balaban J connectivity index is 0.00000225. The lowest BCUT2D eigenvalue weighted by Gasteiger charge is -2.21. The number of guanidine groups is 1. The van der Waals surface area contributed by atoms with Crippen LogP contribution in [0.2, 0.25) is 0 Å². The molecule has 0 amide bonds. The van der Waals surface area contributed by atoms with Crippen LogP contribution in [-0.2, 0) is 13.1 Å². The number of benzene rings is 2. The van der Waals surface area contributed by atoms with Gasteiger partial charge < -0.3 is 15.2 Å². The maximum Gasteiger partial charge on any atom is 0.191 e. The Kier molecular flexibility index (Phi) is 7.30. The minimum absolute atomic E-state index is 0. The van der Waals surface area contributed by atoms with Crippen LogP contribution in [0.5, 0.6) is 0 Å². The zero-order valence-electron chi connectivity index (χ0n) is 16.1. The van der Waals surface area contributed by atoms with E-state index < -0.39 is 0 Å². The second-order valence-electron chi connectivity index (χ2n) is 7.25. The van der Waals surface area contributed by atoms with Crippen molar-refractivity contribution in [2.75, 3.05) is 13.1 Å². The van der Waals surface area contributed by atoms with Gasteiger partial charge in [0.05, 0.1) is 23.9 Å². The van der Waals surface area contributed by atoms with Gasteiger partial charge in [-0.05, 0) is 36.1 Å². The van der Waals surface area contributed by atoms with Crippen LogP contribution in [0.25, 0.3) is 11.0 Å². The van der Waals surface area contributed by atoms with Gasteiger partial charge in [-0.15, -0.1) is 24.0 Å². The summed E-state index contributed by atoms with van der Waals surface area (Å²) in [4.78, 5) is 11.3. The van der Waals surface area contributed by atoms with E-state index in [9.17, 15) is 0 Å². The number of likely N-dealkylation sites (tertiary alicyclic amines) is 1. The van der Waals surface area contributed by atoms with Gasteiger partial charge in [0.1, 0.15) is 0 Å². The molecule has 1 aromatic heterocycles. The largest absolute Gasteiger partial charge is 0.370 e. The molecule has 1 saturated heterocycles. The molecule has 2 heterocycles. The van der Waals surface area contributed by atoms with Crippen molar-refractivity contribution >= 4 is 41.0 Å². The molecule has 28 heavy (non-hydrogen) atoms. The molecule has 0 saturated carbocycles. The highest BCUT2D eigenvalue weighted by Gasteiger charge is 2.10. The lowest BCUT2D eigenvalue weighted by molar-refractivity contribution is 0.428. The number of halogens is 1. The first-order valence-electron chi connectivity index (χ1n) is 9.82. The highest BCUT2D eigenvalue weighted by atomic mass is 127. The van der Waals surface area contributed by atoms with Crippen LogP contribution in [0.1, 0.15) is 36.8 Å². The van der Waals surface area contributed by atoms with Gasteiger partial charge >= 0.3 is 0 Å². The van der Waals surface area contributed by atoms with E-state index in [-0.39, 0.29) is 24.0 Å². The van der Waals surface area contributed by atoms with Crippen LogP contribution in [0, 0.1) is 0 Å². The molecular formula is C22H28IN5. The second-order valence-corrected chi connectivity index (χ2v) is 7.25. The van der Waals surface area contributed by atoms with E-state index in [1.807, 2.05) is 18.5 Å². The Morgan fingerprint density at radius 1 is 0.929 bits per heavy atom. The van der Waals surface area contributed by atoms with Gasteiger partial charge in [0.2, 0.25) is 0 Å². The number of nitrogens with two attached hydrogens (primary N) is 1. The third kappa shape index (κ3) is 5.04. The first kappa shape index (κ1) is 20.6. The van der Waals surface area contributed by atoms with Crippen LogP contribution in [0.15, 0.2) is 59.9 Å². The Bertz CT molecular complexity index is 908. The summed E-state index contributed by atoms with van der Waals surface area (Å²) in [6.07, 6.45) is 6.95. The molecule has 0 radical (unpaired) electrons. The molecule has 0 unspecified atom stereocenters. The van der Waals surface area contributed by atoms with Crippen LogP contribution in [0.4, 0.5) is 0 Å². The van der Waals surface area contributed by atoms with Gasteiger partial charge in [-0.2, -0.15) is 0 Å². The minimum atomic E-state index is 0. The Morgan fingerprint density at radius 3 is 2.36 bits per heavy atom. The zero-order valence-corrected chi connectivity index (χ0v) is 18.5. The number of aromatic nitrogens is 2. The summed E-state index contributed by atoms with van der Waals surface area (Å²) in [7, 11) is 0. The summed E-state index contributed by atoms with van der Waals surface area (Å²) >= 11 is 0. The maximum atomic E-state index is 6.20. The van der Waals surface area contributed by atoms with Crippen molar-refractivity contribution in [3.63, 3.8) is 0 Å². The first-order valence-corrected chi connectivity index (χ1v) is 9.82. The number of fused-ring (bicyclic) bond motifs is 1. The molecule has 0 aliphatic carbocycles. The fourth-order valence-corrected chi connectivity index (χ4v) is 3.66. The number of para-hydroxylation sites is 2. The molecule has 3 aromatic rings. The van der Waals surface area contributed by atoms with E-state index in [4.69, 9.17) is 5.73 Å². The monoisotopic (exact) mass is 489 g/mol. The summed E-state index contributed by atoms with van der Waals surface area (Å²) in [5, 5.41) is 0. The van der Waals surface area contributed by atoms with Crippen molar-refractivity contribution in [3.8, 4) is 0 Å². The average molecular weight is 489 g/mol. The number of aliphatic imine (C=N–C) groups is 1. The third-order valence-corrected chi connectivity index (χ3v) is 5.26. The molecule has 5 nitrogen and oxygen atoms in total. The quantitative estimate of drug-likeness (QED) is 0.336. The van der Waals surface area contributed by atoms with Crippen molar-refractivity contribution in [3.05, 3.63) is 66.0 Å². The van der Waals surface area contributed by atoms with Crippen LogP contribution in [0.3, 0.4) is 0 Å². The molecule has 0 atom stereocenters. The van der Waals surface area contributed by atoms with Gasteiger partial charge in [-0.3, -0.25) is 0 Å². The Morgan fingerprint density at radius 2 is 1.61 bits per heavy atom. The minimum Gasteiger partial charge on any atom is -0.370 e. The fourth-order valence-electron chi connectivity index (χ4n) is 3.66. The van der Waals surface area contributed by atoms with E-state index in [0.717, 1.165) is 30.7 Å². The number of hydrogen-bond acceptors (Lipinski definition) is 2. The normalized spacial score (nSPS) is 15.3. The first-order chi connectivity index (χ1) is 13.3. The SMILES string of the molecule is I.NC(=NCc1ccc(Cn2cnc3ccccc32)cc1)N1CCCCCC1. The number of imidazole rings is 1. The van der Waals surface area contributed by atoms with Crippen molar-refractivity contribution < 1.29 is 0 Å². The van der Waals surface area contributed by atoms with Gasteiger partial charge in [0.15, 0.2) is 5.96 Å². The van der Waals surface area contributed by atoms with E-state index in [1.165, 1.54) is 36.8 Å². The van der Waals surface area contributed by atoms with Crippen molar-refractivity contribution in [2.45, 2.75) is 38.8 Å². The zero-order chi connectivity index (χ0) is 18.5. The predicted octanol–water partition coefficient (Wildman–Crippen LogP) is 4.39. The fraction of sp³-hybridized carbons (Fsp3) is 0.364. The van der Waals surface area contributed by atoms with Crippen LogP contribution in [-0.4, -0.2) is 33.5 Å². The molecule has 4 rings (SSSR count). The van der Waals surface area contributed by atoms with Gasteiger partial charge in [0.25, 0.3) is 0 Å². The summed E-state index contributed by atoms with van der Waals surface area (Å²) in [5.41, 5.74) is 10.8. The van der Waals surface area contributed by atoms with Gasteiger partial charge in [-0.25, -0.2) is 9.98 Å². The molecular weight excluding hydrogens is 461 g/mol. The summed E-state index contributed by atoms with van der Waals surface area (Å²) in [5.74, 6) is 0.686. The standard InChI is InChI=1S/C22H27N5.HI/c23-22(26-13-5-1-2-6-14-26)24-15-18-9-11-19(12-10-18)16-27-17-25-20-7-3-4-8-21(20)27;/h3-4,7-12,17H,1-2,5-6,13-16H2,(H2,23,24);1H.